The molecule has 0 spiro atoms. The number of benzene rings is 1. The van der Waals surface area contributed by atoms with Gasteiger partial charge in [0.1, 0.15) is 18.0 Å². The van der Waals surface area contributed by atoms with Gasteiger partial charge in [-0.25, -0.2) is 9.97 Å². The molecule has 1 aliphatic rings. The van der Waals surface area contributed by atoms with Crippen LogP contribution in [0.3, 0.4) is 0 Å². The number of amides is 1. The average molecular weight is 283 g/mol. The normalized spacial score (nSPS) is 15.5. The number of rotatable bonds is 2. The number of nitrogens with zero attached hydrogens (tertiary/aromatic N) is 2. The summed E-state index contributed by atoms with van der Waals surface area (Å²) in [7, 11) is 0. The number of anilines is 3. The highest BCUT2D eigenvalue weighted by Crippen LogP contribution is 2.35. The van der Waals surface area contributed by atoms with Crippen molar-refractivity contribution < 1.29 is 4.79 Å². The van der Waals surface area contributed by atoms with Gasteiger partial charge in [0.25, 0.3) is 5.91 Å². The van der Waals surface area contributed by atoms with Crippen molar-refractivity contribution in [3.63, 3.8) is 0 Å². The first kappa shape index (κ1) is 13.4. The predicted octanol–water partition coefficient (Wildman–Crippen LogP) is 2.09. The molecule has 6 heteroatoms. The molecule has 1 aromatic carbocycles. The maximum Gasteiger partial charge on any atom is 0.252 e. The van der Waals surface area contributed by atoms with Gasteiger partial charge < -0.3 is 16.4 Å². The fourth-order valence-corrected chi connectivity index (χ4v) is 2.66. The molecule has 2 aromatic rings. The highest BCUT2D eigenvalue weighted by molar-refractivity contribution is 6.01. The molecular weight excluding hydrogens is 266 g/mol. The second-order valence-electron chi connectivity index (χ2n) is 5.75. The number of carbonyl (C=O) groups is 1. The molecular formula is C15H17N5O. The van der Waals surface area contributed by atoms with E-state index in [9.17, 15) is 4.79 Å². The molecule has 6 nitrogen and oxygen atoms in total. The van der Waals surface area contributed by atoms with Gasteiger partial charge >= 0.3 is 0 Å². The van der Waals surface area contributed by atoms with Gasteiger partial charge in [-0.15, -0.1) is 0 Å². The summed E-state index contributed by atoms with van der Waals surface area (Å²) in [5.41, 5.74) is 8.81. The van der Waals surface area contributed by atoms with Crippen molar-refractivity contribution in [2.75, 3.05) is 11.1 Å². The van der Waals surface area contributed by atoms with E-state index in [2.05, 4.69) is 20.6 Å². The van der Waals surface area contributed by atoms with E-state index in [4.69, 9.17) is 5.73 Å². The Morgan fingerprint density at radius 3 is 2.71 bits per heavy atom. The van der Waals surface area contributed by atoms with Gasteiger partial charge in [-0.05, 0) is 44.0 Å². The van der Waals surface area contributed by atoms with Crippen LogP contribution in [0.1, 0.15) is 35.3 Å². The molecule has 0 aliphatic carbocycles. The first-order chi connectivity index (χ1) is 9.87. The summed E-state index contributed by atoms with van der Waals surface area (Å²) in [5.74, 6) is 1.00. The van der Waals surface area contributed by atoms with Gasteiger partial charge in [-0.2, -0.15) is 0 Å². The molecule has 0 radical (unpaired) electrons. The van der Waals surface area contributed by atoms with E-state index in [0.717, 1.165) is 22.4 Å². The average Bonchev–Trinajstić information content (AvgIpc) is 2.59. The Morgan fingerprint density at radius 1 is 1.24 bits per heavy atom. The van der Waals surface area contributed by atoms with E-state index in [-0.39, 0.29) is 11.4 Å². The van der Waals surface area contributed by atoms with Gasteiger partial charge in [-0.1, -0.05) is 0 Å². The molecule has 4 N–H and O–H groups in total. The van der Waals surface area contributed by atoms with E-state index in [0.29, 0.717) is 11.6 Å². The lowest BCUT2D eigenvalue weighted by Crippen LogP contribution is -2.32. The third-order valence-electron chi connectivity index (χ3n) is 3.62. The van der Waals surface area contributed by atoms with Gasteiger partial charge in [0, 0.05) is 17.3 Å². The van der Waals surface area contributed by atoms with E-state index in [1.165, 1.54) is 6.33 Å². The third kappa shape index (κ3) is 2.29. The molecule has 0 saturated carbocycles. The smallest absolute Gasteiger partial charge is 0.252 e. The lowest BCUT2D eigenvalue weighted by atomic mass is 9.92. The van der Waals surface area contributed by atoms with Crippen molar-refractivity contribution in [2.45, 2.75) is 26.3 Å². The van der Waals surface area contributed by atoms with Crippen LogP contribution >= 0.6 is 0 Å². The van der Waals surface area contributed by atoms with Crippen molar-refractivity contribution in [1.82, 2.24) is 15.3 Å². The SMILES string of the molecule is Cc1cc(Nc2cc(N)ncn2)cc2c1C(=O)NC2(C)C. The van der Waals surface area contributed by atoms with Gasteiger partial charge in [0.2, 0.25) is 0 Å². The summed E-state index contributed by atoms with van der Waals surface area (Å²) in [5, 5.41) is 6.18. The molecule has 0 saturated heterocycles. The number of hydrogen-bond donors (Lipinski definition) is 3. The zero-order valence-corrected chi connectivity index (χ0v) is 12.2. The molecule has 21 heavy (non-hydrogen) atoms. The minimum Gasteiger partial charge on any atom is -0.384 e. The third-order valence-corrected chi connectivity index (χ3v) is 3.62. The minimum absolute atomic E-state index is 0.0228. The lowest BCUT2D eigenvalue weighted by Gasteiger charge is -2.20. The molecule has 0 fully saturated rings. The zero-order valence-electron chi connectivity index (χ0n) is 12.2. The van der Waals surface area contributed by atoms with E-state index >= 15 is 0 Å². The standard InChI is InChI=1S/C15H17N5O/c1-8-4-9(19-12-6-11(16)17-7-18-12)5-10-13(8)14(21)20-15(10,2)3/h4-7H,1-3H3,(H,20,21)(H3,16,17,18,19). The number of aromatic nitrogens is 2. The van der Waals surface area contributed by atoms with Crippen molar-refractivity contribution >= 4 is 23.2 Å². The van der Waals surface area contributed by atoms with Crippen LogP contribution in [0.2, 0.25) is 0 Å². The van der Waals surface area contributed by atoms with Crippen LogP contribution in [-0.2, 0) is 5.54 Å². The molecule has 0 unspecified atom stereocenters. The van der Waals surface area contributed by atoms with Crippen molar-refractivity contribution in [2.24, 2.45) is 0 Å². The largest absolute Gasteiger partial charge is 0.384 e. The van der Waals surface area contributed by atoms with Crippen LogP contribution in [0.5, 0.6) is 0 Å². The first-order valence-electron chi connectivity index (χ1n) is 6.69. The van der Waals surface area contributed by atoms with Crippen LogP contribution < -0.4 is 16.4 Å². The Bertz CT molecular complexity index is 739. The van der Waals surface area contributed by atoms with Gasteiger partial charge in [0.05, 0.1) is 5.54 Å². The maximum atomic E-state index is 12.0. The Labute approximate surface area is 122 Å². The van der Waals surface area contributed by atoms with Crippen molar-refractivity contribution in [3.8, 4) is 0 Å². The zero-order chi connectivity index (χ0) is 15.2. The Kier molecular flexibility index (Phi) is 2.83. The van der Waals surface area contributed by atoms with Crippen LogP contribution in [0.15, 0.2) is 24.5 Å². The second-order valence-corrected chi connectivity index (χ2v) is 5.75. The summed E-state index contributed by atoms with van der Waals surface area (Å²) in [6.45, 7) is 5.91. The number of carbonyl (C=O) groups excluding carboxylic acids is 1. The highest BCUT2D eigenvalue weighted by atomic mass is 16.2. The summed E-state index contributed by atoms with van der Waals surface area (Å²) in [6, 6.07) is 5.56. The van der Waals surface area contributed by atoms with E-state index < -0.39 is 0 Å². The molecule has 108 valence electrons. The van der Waals surface area contributed by atoms with Gasteiger partial charge in [-0.3, -0.25) is 4.79 Å². The summed E-state index contributed by atoms with van der Waals surface area (Å²) < 4.78 is 0. The number of aryl methyl sites for hydroxylation is 1. The van der Waals surface area contributed by atoms with Crippen molar-refractivity contribution in [1.29, 1.82) is 0 Å². The first-order valence-corrected chi connectivity index (χ1v) is 6.69. The number of nitrogen functional groups attached to an aromatic ring is 1. The summed E-state index contributed by atoms with van der Waals surface area (Å²) in [6.07, 6.45) is 1.41. The van der Waals surface area contributed by atoms with Gasteiger partial charge in [0.15, 0.2) is 0 Å². The Morgan fingerprint density at radius 2 is 2.00 bits per heavy atom. The number of fused-ring (bicyclic) bond motifs is 1. The second kappa shape index (κ2) is 4.44. The molecule has 2 heterocycles. The van der Waals surface area contributed by atoms with Crippen molar-refractivity contribution in [3.05, 3.63) is 41.2 Å². The van der Waals surface area contributed by atoms with Crippen LogP contribution in [-0.4, -0.2) is 15.9 Å². The molecule has 0 atom stereocenters. The lowest BCUT2D eigenvalue weighted by molar-refractivity contribution is 0.0940. The summed E-state index contributed by atoms with van der Waals surface area (Å²) >= 11 is 0. The Balaban J connectivity index is 2.03. The molecule has 3 rings (SSSR count). The number of nitrogens with one attached hydrogen (secondary N) is 2. The molecule has 1 aliphatic heterocycles. The monoisotopic (exact) mass is 283 g/mol. The number of hydrogen-bond acceptors (Lipinski definition) is 5. The highest BCUT2D eigenvalue weighted by Gasteiger charge is 2.36. The molecule has 1 aromatic heterocycles. The van der Waals surface area contributed by atoms with E-state index in [1.807, 2.05) is 32.9 Å². The van der Waals surface area contributed by atoms with Crippen LogP contribution in [0.4, 0.5) is 17.3 Å². The fourth-order valence-electron chi connectivity index (χ4n) is 2.66. The topological polar surface area (TPSA) is 92.9 Å². The predicted molar refractivity (Wildman–Crippen MR) is 81.4 cm³/mol. The maximum absolute atomic E-state index is 12.0. The molecule has 1 amide bonds. The quantitative estimate of drug-likeness (QED) is 0.784. The van der Waals surface area contributed by atoms with E-state index in [1.54, 1.807) is 6.07 Å². The molecule has 0 bridgehead atoms. The van der Waals surface area contributed by atoms with Crippen LogP contribution in [0, 0.1) is 6.92 Å². The fraction of sp³-hybridized carbons (Fsp3) is 0.267. The number of nitrogens with two attached hydrogens (primary N) is 1. The Hall–Kier alpha value is -2.63. The summed E-state index contributed by atoms with van der Waals surface area (Å²) in [4.78, 5) is 20.0. The minimum atomic E-state index is -0.375. The van der Waals surface area contributed by atoms with Crippen LogP contribution in [0.25, 0.3) is 0 Å².